The molecule has 3 nitrogen and oxygen atoms in total. The standard InChI is InChI=1S/C16H11F5O3/c1-7(2)23-8-5-3-4-6-9(8)24-16(22)10-11(17)13(19)15(21)14(20)12(10)18/h3-7H,1-2H3. The molecule has 0 spiro atoms. The Kier molecular flexibility index (Phi) is 5.06. The Balaban J connectivity index is 2.42. The maximum atomic E-state index is 13.6. The number of rotatable bonds is 4. The molecule has 2 aromatic rings. The van der Waals surface area contributed by atoms with Crippen LogP contribution in [0.25, 0.3) is 0 Å². The molecule has 2 rings (SSSR count). The summed E-state index contributed by atoms with van der Waals surface area (Å²) in [6.07, 6.45) is -0.306. The maximum Gasteiger partial charge on any atom is 0.349 e. The number of benzene rings is 2. The van der Waals surface area contributed by atoms with Gasteiger partial charge >= 0.3 is 5.97 Å². The van der Waals surface area contributed by atoms with Gasteiger partial charge in [-0.1, -0.05) is 12.1 Å². The molecule has 0 N–H and O–H groups in total. The summed E-state index contributed by atoms with van der Waals surface area (Å²) < 4.78 is 76.6. The Morgan fingerprint density at radius 2 is 1.29 bits per heavy atom. The smallest absolute Gasteiger partial charge is 0.349 e. The van der Waals surface area contributed by atoms with Crippen molar-refractivity contribution in [3.8, 4) is 11.5 Å². The monoisotopic (exact) mass is 346 g/mol. The highest BCUT2D eigenvalue weighted by molar-refractivity contribution is 5.92. The van der Waals surface area contributed by atoms with Gasteiger partial charge in [0.05, 0.1) is 6.10 Å². The average molecular weight is 346 g/mol. The summed E-state index contributed by atoms with van der Waals surface area (Å²) in [6, 6.07) is 5.66. The lowest BCUT2D eigenvalue weighted by Gasteiger charge is -2.14. The summed E-state index contributed by atoms with van der Waals surface area (Å²) in [5.41, 5.74) is -1.68. The van der Waals surface area contributed by atoms with Crippen molar-refractivity contribution in [2.24, 2.45) is 0 Å². The van der Waals surface area contributed by atoms with Crippen LogP contribution in [0.4, 0.5) is 22.0 Å². The van der Waals surface area contributed by atoms with Gasteiger partial charge in [-0.2, -0.15) is 0 Å². The zero-order valence-electron chi connectivity index (χ0n) is 12.5. The Bertz CT molecular complexity index is 761. The van der Waals surface area contributed by atoms with Crippen LogP contribution in [0.3, 0.4) is 0 Å². The third-order valence-electron chi connectivity index (χ3n) is 2.83. The zero-order valence-corrected chi connectivity index (χ0v) is 12.5. The molecule has 0 fully saturated rings. The van der Waals surface area contributed by atoms with Crippen LogP contribution in [-0.2, 0) is 0 Å². The van der Waals surface area contributed by atoms with Gasteiger partial charge in [0, 0.05) is 0 Å². The lowest BCUT2D eigenvalue weighted by molar-refractivity contribution is 0.0711. The Hall–Kier alpha value is -2.64. The third-order valence-corrected chi connectivity index (χ3v) is 2.83. The van der Waals surface area contributed by atoms with Crippen molar-refractivity contribution in [3.63, 3.8) is 0 Å². The van der Waals surface area contributed by atoms with Crippen LogP contribution in [0.5, 0.6) is 11.5 Å². The molecule has 24 heavy (non-hydrogen) atoms. The van der Waals surface area contributed by atoms with E-state index in [4.69, 9.17) is 9.47 Å². The number of para-hydroxylation sites is 2. The van der Waals surface area contributed by atoms with Crippen LogP contribution in [0.15, 0.2) is 24.3 Å². The molecule has 0 atom stereocenters. The molecule has 0 aliphatic heterocycles. The van der Waals surface area contributed by atoms with E-state index in [1.165, 1.54) is 18.2 Å². The number of ether oxygens (including phenoxy) is 2. The maximum absolute atomic E-state index is 13.6. The van der Waals surface area contributed by atoms with Crippen LogP contribution >= 0.6 is 0 Å². The van der Waals surface area contributed by atoms with Crippen LogP contribution in [0, 0.1) is 29.1 Å². The first-order valence-corrected chi connectivity index (χ1v) is 6.73. The number of carbonyl (C=O) groups is 1. The van der Waals surface area contributed by atoms with Gasteiger partial charge < -0.3 is 9.47 Å². The van der Waals surface area contributed by atoms with Gasteiger partial charge in [-0.3, -0.25) is 0 Å². The van der Waals surface area contributed by atoms with Gasteiger partial charge in [-0.15, -0.1) is 0 Å². The predicted molar refractivity (Wildman–Crippen MR) is 73.4 cm³/mol. The van der Waals surface area contributed by atoms with Gasteiger partial charge in [0.1, 0.15) is 5.56 Å². The minimum absolute atomic E-state index is 0.0738. The first kappa shape index (κ1) is 17.7. The van der Waals surface area contributed by atoms with Crippen LogP contribution in [0.1, 0.15) is 24.2 Å². The van der Waals surface area contributed by atoms with Gasteiger partial charge in [0.15, 0.2) is 34.8 Å². The van der Waals surface area contributed by atoms with Crippen molar-refractivity contribution in [1.29, 1.82) is 0 Å². The van der Waals surface area contributed by atoms with Crippen LogP contribution < -0.4 is 9.47 Å². The zero-order chi connectivity index (χ0) is 18.0. The van der Waals surface area contributed by atoms with E-state index in [1.54, 1.807) is 19.9 Å². The van der Waals surface area contributed by atoms with E-state index in [0.717, 1.165) is 0 Å². The molecular formula is C16H11F5O3. The van der Waals surface area contributed by atoms with Gasteiger partial charge in [-0.05, 0) is 26.0 Å². The van der Waals surface area contributed by atoms with Crippen molar-refractivity contribution in [2.75, 3.05) is 0 Å². The first-order chi connectivity index (χ1) is 11.2. The van der Waals surface area contributed by atoms with E-state index >= 15 is 0 Å². The van der Waals surface area contributed by atoms with Crippen LogP contribution in [-0.4, -0.2) is 12.1 Å². The molecule has 2 aromatic carbocycles. The quantitative estimate of drug-likeness (QED) is 0.271. The number of hydrogen-bond acceptors (Lipinski definition) is 3. The second-order valence-electron chi connectivity index (χ2n) is 4.95. The van der Waals surface area contributed by atoms with Crippen molar-refractivity contribution in [3.05, 3.63) is 58.9 Å². The number of esters is 1. The topological polar surface area (TPSA) is 35.5 Å². The lowest BCUT2D eigenvalue weighted by atomic mass is 10.1. The van der Waals surface area contributed by atoms with Gasteiger partial charge in [0.25, 0.3) is 0 Å². The molecule has 0 bridgehead atoms. The summed E-state index contributed by atoms with van der Waals surface area (Å²) in [4.78, 5) is 11.9. The minimum atomic E-state index is -2.36. The summed E-state index contributed by atoms with van der Waals surface area (Å²) in [6.45, 7) is 3.37. The van der Waals surface area contributed by atoms with Crippen molar-refractivity contribution in [2.45, 2.75) is 20.0 Å². The Labute approximate surface area is 133 Å². The minimum Gasteiger partial charge on any atom is -0.487 e. The second-order valence-corrected chi connectivity index (χ2v) is 4.95. The highest BCUT2D eigenvalue weighted by atomic mass is 19.2. The average Bonchev–Trinajstić information content (AvgIpc) is 2.52. The van der Waals surface area contributed by atoms with Gasteiger partial charge in [-0.25, -0.2) is 26.7 Å². The second kappa shape index (κ2) is 6.86. The van der Waals surface area contributed by atoms with Crippen molar-refractivity contribution in [1.82, 2.24) is 0 Å². The number of hydrogen-bond donors (Lipinski definition) is 0. The van der Waals surface area contributed by atoms with Crippen molar-refractivity contribution >= 4 is 5.97 Å². The van der Waals surface area contributed by atoms with Crippen molar-refractivity contribution < 1.29 is 36.2 Å². The largest absolute Gasteiger partial charge is 0.487 e. The van der Waals surface area contributed by atoms with E-state index in [0.29, 0.717) is 0 Å². The van der Waals surface area contributed by atoms with E-state index in [2.05, 4.69) is 0 Å². The molecule has 0 aliphatic carbocycles. The lowest BCUT2D eigenvalue weighted by Crippen LogP contribution is -2.18. The molecule has 0 aromatic heterocycles. The fourth-order valence-corrected chi connectivity index (χ4v) is 1.82. The summed E-state index contributed by atoms with van der Waals surface area (Å²) >= 11 is 0. The van der Waals surface area contributed by atoms with E-state index in [9.17, 15) is 26.7 Å². The van der Waals surface area contributed by atoms with E-state index < -0.39 is 40.6 Å². The molecule has 0 saturated carbocycles. The fraction of sp³-hybridized carbons (Fsp3) is 0.188. The normalized spacial score (nSPS) is 10.8. The Morgan fingerprint density at radius 1 is 0.833 bits per heavy atom. The molecule has 128 valence electrons. The first-order valence-electron chi connectivity index (χ1n) is 6.73. The summed E-state index contributed by atoms with van der Waals surface area (Å²) in [7, 11) is 0. The summed E-state index contributed by atoms with van der Waals surface area (Å²) in [5, 5.41) is 0. The van der Waals surface area contributed by atoms with E-state index in [1.807, 2.05) is 0 Å². The number of halogens is 5. The fourth-order valence-electron chi connectivity index (χ4n) is 1.82. The van der Waals surface area contributed by atoms with E-state index in [-0.39, 0.29) is 17.6 Å². The van der Waals surface area contributed by atoms with Gasteiger partial charge in [0.2, 0.25) is 5.82 Å². The van der Waals surface area contributed by atoms with Crippen LogP contribution in [0.2, 0.25) is 0 Å². The third kappa shape index (κ3) is 3.32. The Morgan fingerprint density at radius 3 is 1.79 bits per heavy atom. The SMILES string of the molecule is CC(C)Oc1ccccc1OC(=O)c1c(F)c(F)c(F)c(F)c1F. The molecule has 0 amide bonds. The highest BCUT2D eigenvalue weighted by Crippen LogP contribution is 2.30. The number of carbonyl (C=O) groups excluding carboxylic acids is 1. The molecule has 0 heterocycles. The molecule has 0 saturated heterocycles. The predicted octanol–water partition coefficient (Wildman–Crippen LogP) is 4.39. The molecule has 0 radical (unpaired) electrons. The molecule has 8 heteroatoms. The highest BCUT2D eigenvalue weighted by Gasteiger charge is 2.31. The molecular weight excluding hydrogens is 335 g/mol. The summed E-state index contributed by atoms with van der Waals surface area (Å²) in [5.74, 6) is -13.2. The molecule has 0 unspecified atom stereocenters. The molecule has 0 aliphatic rings.